The average Bonchev–Trinajstić information content (AvgIpc) is 3.79. The molecule has 2 aliphatic heterocycles. The van der Waals surface area contributed by atoms with Gasteiger partial charge in [-0.05, 0) is 31.0 Å². The molecule has 2 atom stereocenters. The van der Waals surface area contributed by atoms with Crippen molar-refractivity contribution in [3.8, 4) is 45.3 Å². The molecule has 2 aromatic heterocycles. The maximum Gasteiger partial charge on any atom is 0.221 e. The fourth-order valence-electron chi connectivity index (χ4n) is 7.08. The highest BCUT2D eigenvalue weighted by Gasteiger charge is 2.24. The first-order valence-corrected chi connectivity index (χ1v) is 18.8. The predicted octanol–water partition coefficient (Wildman–Crippen LogP) is 7.48. The van der Waals surface area contributed by atoms with Gasteiger partial charge in [0, 0.05) is 90.4 Å². The minimum absolute atomic E-state index is 0.00467. The summed E-state index contributed by atoms with van der Waals surface area (Å²) in [5.74, 6) is 0.390. The summed E-state index contributed by atoms with van der Waals surface area (Å²) in [7, 11) is 3.05. The first-order valence-electron chi connectivity index (χ1n) is 17.6. The second-order valence-electron chi connectivity index (χ2n) is 13.3. The molecule has 280 valence electrons. The first-order chi connectivity index (χ1) is 26.1. The van der Waals surface area contributed by atoms with Gasteiger partial charge in [-0.15, -0.1) is 0 Å². The summed E-state index contributed by atoms with van der Waals surface area (Å²) in [4.78, 5) is 32.7. The van der Waals surface area contributed by atoms with Gasteiger partial charge in [0.15, 0.2) is 0 Å². The Morgan fingerprint density at radius 1 is 0.759 bits per heavy atom. The molecule has 0 radical (unpaired) electrons. The smallest absolute Gasteiger partial charge is 0.221 e. The summed E-state index contributed by atoms with van der Waals surface area (Å²) in [5.41, 5.74) is 5.05. The monoisotopic (exact) mass is 790 g/mol. The van der Waals surface area contributed by atoms with E-state index in [1.165, 1.54) is 13.2 Å². The Bertz CT molecular complexity index is 2260. The molecule has 7 rings (SSSR count). The van der Waals surface area contributed by atoms with Crippen LogP contribution >= 0.6 is 34.8 Å². The van der Waals surface area contributed by atoms with E-state index in [9.17, 15) is 9.59 Å². The van der Waals surface area contributed by atoms with Crippen molar-refractivity contribution in [2.75, 3.05) is 27.3 Å². The summed E-state index contributed by atoms with van der Waals surface area (Å²) in [5, 5.41) is 14.4. The van der Waals surface area contributed by atoms with Crippen LogP contribution in [0.25, 0.3) is 44.5 Å². The minimum Gasteiger partial charge on any atom is -0.496 e. The molecule has 2 fully saturated rings. The van der Waals surface area contributed by atoms with Gasteiger partial charge in [-0.25, -0.2) is 14.4 Å². The van der Waals surface area contributed by atoms with Crippen molar-refractivity contribution in [1.29, 1.82) is 0 Å². The molecule has 0 bridgehead atoms. The molecule has 14 heteroatoms. The van der Waals surface area contributed by atoms with Crippen LogP contribution in [0.1, 0.15) is 36.8 Å². The Hall–Kier alpha value is -4.52. The van der Waals surface area contributed by atoms with Crippen molar-refractivity contribution in [2.24, 2.45) is 0 Å². The Labute approximate surface area is 327 Å². The van der Waals surface area contributed by atoms with Crippen LogP contribution in [0.5, 0.6) is 11.6 Å². The molecule has 0 aliphatic carbocycles. The van der Waals surface area contributed by atoms with E-state index >= 15 is 4.39 Å². The van der Waals surface area contributed by atoms with Crippen molar-refractivity contribution in [2.45, 2.75) is 50.9 Å². The number of fused-ring (bicyclic) bond motifs is 1. The number of carbonyl (C=O) groups is 2. The zero-order valence-corrected chi connectivity index (χ0v) is 31.9. The number of amides is 2. The largest absolute Gasteiger partial charge is 0.496 e. The number of halogens is 4. The molecule has 4 heterocycles. The third-order valence-corrected chi connectivity index (χ3v) is 10.9. The zero-order chi connectivity index (χ0) is 37.9. The van der Waals surface area contributed by atoms with E-state index in [0.29, 0.717) is 92.5 Å². The highest BCUT2D eigenvalue weighted by Crippen LogP contribution is 2.43. The van der Waals surface area contributed by atoms with E-state index in [-0.39, 0.29) is 41.9 Å². The number of rotatable bonds is 13. The molecule has 2 aliphatic rings. The summed E-state index contributed by atoms with van der Waals surface area (Å²) in [6.45, 7) is 1.81. The second-order valence-corrected chi connectivity index (χ2v) is 14.5. The summed E-state index contributed by atoms with van der Waals surface area (Å²) >= 11 is 21.0. The van der Waals surface area contributed by atoms with Gasteiger partial charge in [0.2, 0.25) is 17.7 Å². The standard InChI is InChI=1S/C40H38Cl3FN6O4/c1-53-39-21(17-45-18-22-9-13-34(51)47-22)15-30(41)38-28(39)11-12-32(49-38)26-7-3-5-24(36(26)42)25-6-4-8-27(37(25)43)33-16-31(44)29(40(50-33)54-2)20-46-19-23-10-14-35(52)48-23/h3-8,11-12,15-16,22-23,45-46H,9-10,13-14,17-20H2,1-2H3,(H,47,51)(H,48,52)/t22-,23+/m0/s1. The summed E-state index contributed by atoms with van der Waals surface area (Å²) in [6.07, 6.45) is 2.58. The highest BCUT2D eigenvalue weighted by molar-refractivity contribution is 6.39. The van der Waals surface area contributed by atoms with Gasteiger partial charge in [-0.2, -0.15) is 0 Å². The van der Waals surface area contributed by atoms with E-state index in [1.54, 1.807) is 13.2 Å². The Kier molecular flexibility index (Phi) is 11.5. The number of nitrogens with one attached hydrogen (secondary N) is 4. The quantitative estimate of drug-likeness (QED) is 0.0968. The molecule has 0 spiro atoms. The van der Waals surface area contributed by atoms with Crippen LogP contribution in [0.4, 0.5) is 4.39 Å². The van der Waals surface area contributed by atoms with Gasteiger partial charge >= 0.3 is 0 Å². The van der Waals surface area contributed by atoms with Crippen LogP contribution in [0.2, 0.25) is 15.1 Å². The van der Waals surface area contributed by atoms with Crippen molar-refractivity contribution < 1.29 is 23.5 Å². The number of aromatic nitrogens is 2. The number of methoxy groups -OCH3 is 2. The normalized spacial score (nSPS) is 16.9. The summed E-state index contributed by atoms with van der Waals surface area (Å²) in [6, 6.07) is 18.1. The molecule has 3 aromatic carbocycles. The fourth-order valence-corrected chi connectivity index (χ4v) is 8.01. The number of ether oxygens (including phenoxy) is 2. The third kappa shape index (κ3) is 7.83. The molecule has 0 saturated carbocycles. The molecular formula is C40H38Cl3FN6O4. The molecule has 54 heavy (non-hydrogen) atoms. The molecule has 5 aromatic rings. The Morgan fingerprint density at radius 3 is 1.93 bits per heavy atom. The van der Waals surface area contributed by atoms with Crippen LogP contribution in [-0.4, -0.2) is 61.2 Å². The van der Waals surface area contributed by atoms with Gasteiger partial charge in [0.1, 0.15) is 11.6 Å². The van der Waals surface area contributed by atoms with Crippen LogP contribution in [-0.2, 0) is 22.7 Å². The number of hydrogen-bond donors (Lipinski definition) is 4. The molecule has 0 unspecified atom stereocenters. The van der Waals surface area contributed by atoms with Gasteiger partial charge in [-0.3, -0.25) is 9.59 Å². The van der Waals surface area contributed by atoms with E-state index in [1.807, 2.05) is 48.5 Å². The third-order valence-electron chi connectivity index (χ3n) is 9.80. The SMILES string of the molecule is COc1nc(-c2cccc(-c3cccc(-c4ccc5c(OC)c(CNC[C@@H]6CCC(=O)N6)cc(Cl)c5n4)c3Cl)c2Cl)cc(F)c1CNC[C@H]1CCC(=O)N1. The Balaban J connectivity index is 1.15. The lowest BCUT2D eigenvalue weighted by atomic mass is 9.97. The summed E-state index contributed by atoms with van der Waals surface area (Å²) < 4.78 is 26.9. The van der Waals surface area contributed by atoms with Crippen LogP contribution in [0.15, 0.2) is 60.7 Å². The van der Waals surface area contributed by atoms with E-state index in [2.05, 4.69) is 26.3 Å². The topological polar surface area (TPSA) is 126 Å². The number of benzene rings is 3. The molecule has 4 N–H and O–H groups in total. The molecule has 2 saturated heterocycles. The second kappa shape index (κ2) is 16.5. The minimum atomic E-state index is -0.499. The van der Waals surface area contributed by atoms with E-state index in [0.717, 1.165) is 23.8 Å². The highest BCUT2D eigenvalue weighted by atomic mass is 35.5. The van der Waals surface area contributed by atoms with E-state index < -0.39 is 5.82 Å². The Morgan fingerprint density at radius 2 is 1.35 bits per heavy atom. The average molecular weight is 792 g/mol. The van der Waals surface area contributed by atoms with Crippen molar-refractivity contribution >= 4 is 57.5 Å². The lowest BCUT2D eigenvalue weighted by Crippen LogP contribution is -2.35. The zero-order valence-electron chi connectivity index (χ0n) is 29.6. The number of pyridine rings is 2. The molecular weight excluding hydrogens is 754 g/mol. The lowest BCUT2D eigenvalue weighted by molar-refractivity contribution is -0.120. The van der Waals surface area contributed by atoms with Gasteiger partial charge < -0.3 is 30.7 Å². The first kappa shape index (κ1) is 37.8. The van der Waals surface area contributed by atoms with Crippen LogP contribution < -0.4 is 30.7 Å². The van der Waals surface area contributed by atoms with E-state index in [4.69, 9.17) is 49.3 Å². The number of carbonyl (C=O) groups excluding carboxylic acids is 2. The predicted molar refractivity (Wildman–Crippen MR) is 210 cm³/mol. The van der Waals surface area contributed by atoms with Gasteiger partial charge in [0.05, 0.1) is 51.8 Å². The lowest BCUT2D eigenvalue weighted by Gasteiger charge is -2.17. The van der Waals surface area contributed by atoms with Crippen LogP contribution in [0, 0.1) is 5.82 Å². The van der Waals surface area contributed by atoms with Crippen molar-refractivity contribution in [3.05, 3.63) is 92.7 Å². The van der Waals surface area contributed by atoms with Gasteiger partial charge in [0.25, 0.3) is 0 Å². The van der Waals surface area contributed by atoms with Crippen molar-refractivity contribution in [3.63, 3.8) is 0 Å². The van der Waals surface area contributed by atoms with Crippen molar-refractivity contribution in [1.82, 2.24) is 31.2 Å². The maximum absolute atomic E-state index is 15.6. The fraction of sp³-hybridized carbons (Fsp3) is 0.300. The number of hydrogen-bond acceptors (Lipinski definition) is 8. The van der Waals surface area contributed by atoms with Crippen LogP contribution in [0.3, 0.4) is 0 Å². The maximum atomic E-state index is 15.6. The molecule has 2 amide bonds. The number of nitrogens with zero attached hydrogens (tertiary/aromatic N) is 2. The molecule has 10 nitrogen and oxygen atoms in total. The van der Waals surface area contributed by atoms with Gasteiger partial charge in [-0.1, -0.05) is 71.2 Å².